The molecule has 1 aromatic heterocycles. The van der Waals surface area contributed by atoms with Crippen molar-refractivity contribution in [3.63, 3.8) is 0 Å². The van der Waals surface area contributed by atoms with Crippen molar-refractivity contribution >= 4 is 34.0 Å². The van der Waals surface area contributed by atoms with E-state index in [-0.39, 0.29) is 11.6 Å². The van der Waals surface area contributed by atoms with Crippen molar-refractivity contribution < 1.29 is 4.79 Å². The van der Waals surface area contributed by atoms with Gasteiger partial charge >= 0.3 is 5.69 Å². The molecule has 1 amide bonds. The summed E-state index contributed by atoms with van der Waals surface area (Å²) in [5, 5.41) is 3.06. The average Bonchev–Trinajstić information content (AvgIpc) is 3.11. The highest BCUT2D eigenvalue weighted by atomic mass is 16.1. The number of hydrogen-bond donors (Lipinski definition) is 3. The predicted molar refractivity (Wildman–Crippen MR) is 118 cm³/mol. The summed E-state index contributed by atoms with van der Waals surface area (Å²) in [7, 11) is 0. The third kappa shape index (κ3) is 4.29. The Hall–Kier alpha value is -3.22. The first-order chi connectivity index (χ1) is 14.1. The van der Waals surface area contributed by atoms with E-state index >= 15 is 0 Å². The summed E-state index contributed by atoms with van der Waals surface area (Å²) in [6.07, 6.45) is 2.34. The van der Waals surface area contributed by atoms with Crippen LogP contribution in [0.4, 0.5) is 17.1 Å². The second-order valence-corrected chi connectivity index (χ2v) is 7.46. The number of rotatable bonds is 6. The van der Waals surface area contributed by atoms with Gasteiger partial charge in [-0.25, -0.2) is 4.79 Å². The molecule has 1 aliphatic heterocycles. The molecule has 1 fully saturated rings. The van der Waals surface area contributed by atoms with E-state index in [4.69, 9.17) is 0 Å². The number of unbranched alkanes of at least 4 members (excludes halogenated alkanes) is 1. The zero-order chi connectivity index (χ0) is 20.2. The van der Waals surface area contributed by atoms with E-state index < -0.39 is 0 Å². The van der Waals surface area contributed by atoms with Gasteiger partial charge in [0.05, 0.1) is 22.4 Å². The van der Waals surface area contributed by atoms with Crippen LogP contribution in [0.1, 0.15) is 26.2 Å². The van der Waals surface area contributed by atoms with Gasteiger partial charge in [-0.1, -0.05) is 31.5 Å². The number of nitrogens with one attached hydrogen (secondary N) is 3. The highest BCUT2D eigenvalue weighted by Crippen LogP contribution is 2.31. The van der Waals surface area contributed by atoms with Gasteiger partial charge in [0.25, 0.3) is 0 Å². The van der Waals surface area contributed by atoms with Crippen LogP contribution < -0.4 is 20.8 Å². The number of anilines is 3. The molecule has 0 atom stereocenters. The van der Waals surface area contributed by atoms with Gasteiger partial charge in [0.2, 0.25) is 5.91 Å². The number of imidazole rings is 1. The number of piperazine rings is 1. The summed E-state index contributed by atoms with van der Waals surface area (Å²) < 4.78 is 0. The lowest BCUT2D eigenvalue weighted by Gasteiger charge is -2.38. The van der Waals surface area contributed by atoms with Crippen LogP contribution in [-0.4, -0.2) is 42.1 Å². The molecule has 7 heteroatoms. The largest absolute Gasteiger partial charge is 0.368 e. The molecule has 2 heterocycles. The minimum Gasteiger partial charge on any atom is -0.368 e. The molecule has 0 spiro atoms. The fourth-order valence-corrected chi connectivity index (χ4v) is 3.83. The second kappa shape index (κ2) is 8.43. The summed E-state index contributed by atoms with van der Waals surface area (Å²) in [6.45, 7) is 5.55. The van der Waals surface area contributed by atoms with Crippen molar-refractivity contribution in [2.45, 2.75) is 26.2 Å². The standard InChI is InChI=1S/C22H27N5O2/c1-2-3-9-21(28)23-19-14-17-18(25-22(29)24-17)15-20(19)27-12-10-26(11-13-27)16-7-5-4-6-8-16/h4-8,14-15H,2-3,9-13H2,1H3,(H,23,28)(H2,24,25,29). The highest BCUT2D eigenvalue weighted by Gasteiger charge is 2.21. The van der Waals surface area contributed by atoms with E-state index in [1.165, 1.54) is 5.69 Å². The van der Waals surface area contributed by atoms with Crippen molar-refractivity contribution in [2.24, 2.45) is 0 Å². The van der Waals surface area contributed by atoms with E-state index in [1.807, 2.05) is 18.2 Å². The summed E-state index contributed by atoms with van der Waals surface area (Å²) in [6, 6.07) is 14.2. The number of H-pyrrole nitrogens is 2. The van der Waals surface area contributed by atoms with E-state index in [0.29, 0.717) is 11.9 Å². The number of aromatic amines is 2. The number of carbonyl (C=O) groups excluding carboxylic acids is 1. The predicted octanol–water partition coefficient (Wildman–Crippen LogP) is 3.31. The van der Waals surface area contributed by atoms with E-state index in [0.717, 1.165) is 55.9 Å². The molecule has 0 radical (unpaired) electrons. The third-order valence-electron chi connectivity index (χ3n) is 5.41. The molecule has 0 aliphatic carbocycles. The second-order valence-electron chi connectivity index (χ2n) is 7.46. The third-order valence-corrected chi connectivity index (χ3v) is 5.41. The molecule has 0 bridgehead atoms. The fraction of sp³-hybridized carbons (Fsp3) is 0.364. The zero-order valence-electron chi connectivity index (χ0n) is 16.7. The maximum atomic E-state index is 12.4. The van der Waals surface area contributed by atoms with Crippen LogP contribution in [-0.2, 0) is 4.79 Å². The van der Waals surface area contributed by atoms with Crippen molar-refractivity contribution in [3.05, 3.63) is 52.9 Å². The molecule has 152 valence electrons. The van der Waals surface area contributed by atoms with Gasteiger partial charge in [0, 0.05) is 38.3 Å². The Bertz CT molecular complexity index is 1030. The molecular formula is C22H27N5O2. The summed E-state index contributed by atoms with van der Waals surface area (Å²) >= 11 is 0. The smallest absolute Gasteiger partial charge is 0.323 e. The van der Waals surface area contributed by atoms with E-state index in [2.05, 4.69) is 56.3 Å². The van der Waals surface area contributed by atoms with Crippen LogP contribution in [0.2, 0.25) is 0 Å². The summed E-state index contributed by atoms with van der Waals surface area (Å²) in [5.41, 5.74) is 4.14. The van der Waals surface area contributed by atoms with Gasteiger partial charge < -0.3 is 25.1 Å². The number of amides is 1. The Labute approximate surface area is 169 Å². The fourth-order valence-electron chi connectivity index (χ4n) is 3.83. The van der Waals surface area contributed by atoms with Gasteiger partial charge in [0.15, 0.2) is 0 Å². The molecule has 2 aromatic carbocycles. The van der Waals surface area contributed by atoms with Crippen molar-refractivity contribution in [1.82, 2.24) is 9.97 Å². The van der Waals surface area contributed by atoms with E-state index in [1.54, 1.807) is 0 Å². The number of benzene rings is 2. The molecule has 1 aliphatic rings. The van der Waals surface area contributed by atoms with Gasteiger partial charge in [0.1, 0.15) is 0 Å². The minimum atomic E-state index is -0.241. The Morgan fingerprint density at radius 2 is 1.66 bits per heavy atom. The number of hydrogen-bond acceptors (Lipinski definition) is 4. The molecule has 3 N–H and O–H groups in total. The lowest BCUT2D eigenvalue weighted by atomic mass is 10.1. The van der Waals surface area contributed by atoms with Gasteiger partial charge in [-0.15, -0.1) is 0 Å². The molecule has 0 unspecified atom stereocenters. The van der Waals surface area contributed by atoms with Crippen LogP contribution in [0.5, 0.6) is 0 Å². The van der Waals surface area contributed by atoms with Crippen molar-refractivity contribution in [1.29, 1.82) is 0 Å². The Morgan fingerprint density at radius 3 is 2.34 bits per heavy atom. The quantitative estimate of drug-likeness (QED) is 0.600. The molecule has 0 saturated carbocycles. The Balaban J connectivity index is 1.57. The zero-order valence-corrected chi connectivity index (χ0v) is 16.7. The van der Waals surface area contributed by atoms with Crippen molar-refractivity contribution in [2.75, 3.05) is 41.3 Å². The van der Waals surface area contributed by atoms with Crippen LogP contribution in [0.15, 0.2) is 47.3 Å². The first-order valence-electron chi connectivity index (χ1n) is 10.2. The monoisotopic (exact) mass is 393 g/mol. The van der Waals surface area contributed by atoms with Crippen LogP contribution in [0.3, 0.4) is 0 Å². The van der Waals surface area contributed by atoms with Gasteiger partial charge in [-0.2, -0.15) is 0 Å². The van der Waals surface area contributed by atoms with Crippen LogP contribution in [0, 0.1) is 0 Å². The topological polar surface area (TPSA) is 84.2 Å². The van der Waals surface area contributed by atoms with Gasteiger partial charge in [-0.05, 0) is 30.7 Å². The normalized spacial score (nSPS) is 14.4. The SMILES string of the molecule is CCCCC(=O)Nc1cc2[nH]c(=O)[nH]c2cc1N1CCN(c2ccccc2)CC1. The molecular weight excluding hydrogens is 366 g/mol. The number of aromatic nitrogens is 2. The molecule has 4 rings (SSSR count). The lowest BCUT2D eigenvalue weighted by Crippen LogP contribution is -2.46. The minimum absolute atomic E-state index is 0.00764. The first-order valence-corrected chi connectivity index (χ1v) is 10.2. The highest BCUT2D eigenvalue weighted by molar-refractivity contribution is 5.98. The summed E-state index contributed by atoms with van der Waals surface area (Å²) in [5.74, 6) is 0.00764. The molecule has 1 saturated heterocycles. The maximum absolute atomic E-state index is 12.4. The number of para-hydroxylation sites is 1. The molecule has 29 heavy (non-hydrogen) atoms. The molecule has 3 aromatic rings. The Morgan fingerprint density at radius 1 is 1.00 bits per heavy atom. The van der Waals surface area contributed by atoms with E-state index in [9.17, 15) is 9.59 Å². The number of carbonyl (C=O) groups is 1. The molecule has 7 nitrogen and oxygen atoms in total. The average molecular weight is 393 g/mol. The van der Waals surface area contributed by atoms with Crippen LogP contribution >= 0.6 is 0 Å². The Kier molecular flexibility index (Phi) is 5.55. The lowest BCUT2D eigenvalue weighted by molar-refractivity contribution is -0.116. The number of nitrogens with zero attached hydrogens (tertiary/aromatic N) is 2. The van der Waals surface area contributed by atoms with Crippen LogP contribution in [0.25, 0.3) is 11.0 Å². The summed E-state index contributed by atoms with van der Waals surface area (Å²) in [4.78, 5) is 34.4. The maximum Gasteiger partial charge on any atom is 0.323 e. The number of fused-ring (bicyclic) bond motifs is 1. The van der Waals surface area contributed by atoms with Crippen molar-refractivity contribution in [3.8, 4) is 0 Å². The first kappa shape index (κ1) is 19.1. The van der Waals surface area contributed by atoms with Gasteiger partial charge in [-0.3, -0.25) is 4.79 Å².